The van der Waals surface area contributed by atoms with E-state index in [0.717, 1.165) is 11.3 Å². The SMILES string of the molecule is CSCCC(NC(=O)c1ccccc1Cl)C(=O)NCc1ccccc1. The number of nitrogens with one attached hydrogen (secondary N) is 2. The highest BCUT2D eigenvalue weighted by molar-refractivity contribution is 7.98. The van der Waals surface area contributed by atoms with Gasteiger partial charge in [0.2, 0.25) is 5.91 Å². The second kappa shape index (κ2) is 10.1. The van der Waals surface area contributed by atoms with Crippen molar-refractivity contribution in [3.05, 3.63) is 70.7 Å². The van der Waals surface area contributed by atoms with Gasteiger partial charge in [-0.3, -0.25) is 9.59 Å². The zero-order valence-corrected chi connectivity index (χ0v) is 15.6. The van der Waals surface area contributed by atoms with Crippen LogP contribution in [0.4, 0.5) is 0 Å². The number of benzene rings is 2. The van der Waals surface area contributed by atoms with Gasteiger partial charge in [0, 0.05) is 6.54 Å². The summed E-state index contributed by atoms with van der Waals surface area (Å²) in [5.41, 5.74) is 1.38. The maximum absolute atomic E-state index is 12.5. The molecule has 2 aromatic rings. The molecule has 0 aliphatic rings. The Morgan fingerprint density at radius 1 is 1.08 bits per heavy atom. The van der Waals surface area contributed by atoms with E-state index in [4.69, 9.17) is 11.6 Å². The van der Waals surface area contributed by atoms with Crippen LogP contribution in [0.2, 0.25) is 5.02 Å². The van der Waals surface area contributed by atoms with E-state index in [2.05, 4.69) is 10.6 Å². The smallest absolute Gasteiger partial charge is 0.253 e. The predicted octanol–water partition coefficient (Wildman–Crippen LogP) is 3.51. The molecule has 2 N–H and O–H groups in total. The molecule has 0 saturated heterocycles. The van der Waals surface area contributed by atoms with Crippen LogP contribution >= 0.6 is 23.4 Å². The third-order valence-electron chi connectivity index (χ3n) is 3.66. The molecule has 1 unspecified atom stereocenters. The van der Waals surface area contributed by atoms with Crippen LogP contribution in [0.15, 0.2) is 54.6 Å². The topological polar surface area (TPSA) is 58.2 Å². The van der Waals surface area contributed by atoms with E-state index in [1.165, 1.54) is 0 Å². The Balaban J connectivity index is 2.00. The van der Waals surface area contributed by atoms with Gasteiger partial charge in [0.15, 0.2) is 0 Å². The molecule has 2 aromatic carbocycles. The fourth-order valence-electron chi connectivity index (χ4n) is 2.29. The molecule has 1 atom stereocenters. The van der Waals surface area contributed by atoms with Gasteiger partial charge >= 0.3 is 0 Å². The first-order valence-electron chi connectivity index (χ1n) is 7.97. The third-order valence-corrected chi connectivity index (χ3v) is 4.63. The van der Waals surface area contributed by atoms with Gasteiger partial charge in [0.25, 0.3) is 5.91 Å². The van der Waals surface area contributed by atoms with Crippen molar-refractivity contribution in [1.29, 1.82) is 0 Å². The quantitative estimate of drug-likeness (QED) is 0.741. The number of rotatable bonds is 8. The Labute approximate surface area is 157 Å². The second-order valence-corrected chi connectivity index (χ2v) is 6.88. The maximum atomic E-state index is 12.5. The van der Waals surface area contributed by atoms with Crippen molar-refractivity contribution in [2.24, 2.45) is 0 Å². The molecule has 0 aliphatic carbocycles. The van der Waals surface area contributed by atoms with Crippen molar-refractivity contribution in [1.82, 2.24) is 10.6 Å². The number of halogens is 1. The Kier molecular flexibility index (Phi) is 7.82. The van der Waals surface area contributed by atoms with Crippen molar-refractivity contribution in [2.75, 3.05) is 12.0 Å². The van der Waals surface area contributed by atoms with Crippen LogP contribution in [0.25, 0.3) is 0 Å². The lowest BCUT2D eigenvalue weighted by molar-refractivity contribution is -0.123. The average Bonchev–Trinajstić information content (AvgIpc) is 2.64. The largest absolute Gasteiger partial charge is 0.350 e. The summed E-state index contributed by atoms with van der Waals surface area (Å²) < 4.78 is 0. The number of hydrogen-bond acceptors (Lipinski definition) is 3. The number of carbonyl (C=O) groups excluding carboxylic acids is 2. The van der Waals surface area contributed by atoms with Gasteiger partial charge in [-0.2, -0.15) is 11.8 Å². The van der Waals surface area contributed by atoms with Crippen molar-refractivity contribution in [3.8, 4) is 0 Å². The molecule has 0 saturated carbocycles. The number of amides is 2. The number of carbonyl (C=O) groups is 2. The zero-order chi connectivity index (χ0) is 18.1. The van der Waals surface area contributed by atoms with Gasteiger partial charge in [-0.15, -0.1) is 0 Å². The van der Waals surface area contributed by atoms with E-state index in [9.17, 15) is 9.59 Å². The van der Waals surface area contributed by atoms with Gasteiger partial charge in [-0.25, -0.2) is 0 Å². The van der Waals surface area contributed by atoms with Crippen LogP contribution in [0.3, 0.4) is 0 Å². The van der Waals surface area contributed by atoms with E-state index in [-0.39, 0.29) is 11.8 Å². The van der Waals surface area contributed by atoms with Crippen molar-refractivity contribution in [3.63, 3.8) is 0 Å². The second-order valence-electron chi connectivity index (χ2n) is 5.49. The fourth-order valence-corrected chi connectivity index (χ4v) is 2.99. The summed E-state index contributed by atoms with van der Waals surface area (Å²) in [7, 11) is 0. The van der Waals surface area contributed by atoms with Crippen LogP contribution in [0, 0.1) is 0 Å². The Morgan fingerprint density at radius 2 is 1.76 bits per heavy atom. The van der Waals surface area contributed by atoms with Gasteiger partial charge in [-0.05, 0) is 36.1 Å². The van der Waals surface area contributed by atoms with Crippen molar-refractivity contribution < 1.29 is 9.59 Å². The molecule has 0 aromatic heterocycles. The number of hydrogen-bond donors (Lipinski definition) is 2. The molecule has 0 heterocycles. The summed E-state index contributed by atoms with van der Waals surface area (Å²) >= 11 is 7.69. The lowest BCUT2D eigenvalue weighted by atomic mass is 10.1. The monoisotopic (exact) mass is 376 g/mol. The maximum Gasteiger partial charge on any atom is 0.253 e. The van der Waals surface area contributed by atoms with E-state index in [0.29, 0.717) is 23.6 Å². The highest BCUT2D eigenvalue weighted by Gasteiger charge is 2.21. The zero-order valence-electron chi connectivity index (χ0n) is 14.0. The molecule has 25 heavy (non-hydrogen) atoms. The third kappa shape index (κ3) is 6.11. The normalized spacial score (nSPS) is 11.6. The Bertz CT molecular complexity index is 710. The van der Waals surface area contributed by atoms with Crippen LogP contribution < -0.4 is 10.6 Å². The van der Waals surface area contributed by atoms with Gasteiger partial charge in [0.1, 0.15) is 6.04 Å². The molecule has 4 nitrogen and oxygen atoms in total. The van der Waals surface area contributed by atoms with Crippen LogP contribution in [0.5, 0.6) is 0 Å². The van der Waals surface area contributed by atoms with Crippen LogP contribution in [-0.4, -0.2) is 29.9 Å². The summed E-state index contributed by atoms with van der Waals surface area (Å²) in [6.07, 6.45) is 2.52. The first-order valence-corrected chi connectivity index (χ1v) is 9.75. The molecular formula is C19H21ClN2O2S. The highest BCUT2D eigenvalue weighted by atomic mass is 35.5. The van der Waals surface area contributed by atoms with Gasteiger partial charge < -0.3 is 10.6 Å². The van der Waals surface area contributed by atoms with E-state index in [1.54, 1.807) is 36.0 Å². The molecule has 0 radical (unpaired) electrons. The standard InChI is InChI=1S/C19H21ClN2O2S/c1-25-12-11-17(19(24)21-13-14-7-3-2-4-8-14)22-18(23)15-9-5-6-10-16(15)20/h2-10,17H,11-13H2,1H3,(H,21,24)(H,22,23). The van der Waals surface area contributed by atoms with E-state index < -0.39 is 6.04 Å². The minimum atomic E-state index is -0.597. The Hall–Kier alpha value is -1.98. The summed E-state index contributed by atoms with van der Waals surface area (Å²) in [5.74, 6) is 0.233. The highest BCUT2D eigenvalue weighted by Crippen LogP contribution is 2.15. The summed E-state index contributed by atoms with van der Waals surface area (Å²) in [5, 5.41) is 6.05. The molecule has 0 bridgehead atoms. The molecular weight excluding hydrogens is 356 g/mol. The molecule has 132 valence electrons. The van der Waals surface area contributed by atoms with E-state index >= 15 is 0 Å². The summed E-state index contributed by atoms with van der Waals surface area (Å²) in [6, 6.07) is 15.9. The first-order chi connectivity index (χ1) is 12.1. The minimum absolute atomic E-state index is 0.196. The minimum Gasteiger partial charge on any atom is -0.350 e. The van der Waals surface area contributed by atoms with E-state index in [1.807, 2.05) is 36.6 Å². The Morgan fingerprint density at radius 3 is 2.44 bits per heavy atom. The van der Waals surface area contributed by atoms with Gasteiger partial charge in [-0.1, -0.05) is 54.1 Å². The van der Waals surface area contributed by atoms with Crippen LogP contribution in [-0.2, 0) is 11.3 Å². The number of thioether (sulfide) groups is 1. The fraction of sp³-hybridized carbons (Fsp3) is 0.263. The van der Waals surface area contributed by atoms with Crippen LogP contribution in [0.1, 0.15) is 22.3 Å². The predicted molar refractivity (Wildman–Crippen MR) is 104 cm³/mol. The van der Waals surface area contributed by atoms with Gasteiger partial charge in [0.05, 0.1) is 10.6 Å². The summed E-state index contributed by atoms with van der Waals surface area (Å²) in [6.45, 7) is 0.428. The molecule has 0 aliphatic heterocycles. The lowest BCUT2D eigenvalue weighted by Gasteiger charge is -2.18. The summed E-state index contributed by atoms with van der Waals surface area (Å²) in [4.78, 5) is 24.9. The molecule has 2 rings (SSSR count). The molecule has 6 heteroatoms. The first kappa shape index (κ1) is 19.3. The molecule has 2 amide bonds. The van der Waals surface area contributed by atoms with Crippen molar-refractivity contribution >= 4 is 35.2 Å². The molecule has 0 fully saturated rings. The molecule has 0 spiro atoms. The average molecular weight is 377 g/mol. The lowest BCUT2D eigenvalue weighted by Crippen LogP contribution is -2.47. The van der Waals surface area contributed by atoms with Crippen molar-refractivity contribution in [2.45, 2.75) is 19.0 Å².